The number of anilines is 1. The van der Waals surface area contributed by atoms with E-state index < -0.39 is 6.10 Å². The highest BCUT2D eigenvalue weighted by Gasteiger charge is 2.21. The van der Waals surface area contributed by atoms with Gasteiger partial charge in [0.2, 0.25) is 5.91 Å². The normalized spacial score (nSPS) is 18.1. The van der Waals surface area contributed by atoms with Crippen molar-refractivity contribution < 1.29 is 9.90 Å². The number of nitrogens with two attached hydrogens (primary N) is 1. The molecule has 0 spiro atoms. The molecule has 1 atom stereocenters. The Labute approximate surface area is 124 Å². The van der Waals surface area contributed by atoms with Gasteiger partial charge >= 0.3 is 0 Å². The van der Waals surface area contributed by atoms with Gasteiger partial charge in [-0.05, 0) is 43.4 Å². The second-order valence-electron chi connectivity index (χ2n) is 5.48. The molecule has 1 aromatic carbocycles. The van der Waals surface area contributed by atoms with Crippen LogP contribution >= 0.6 is 11.6 Å². The molecular formula is C15H21ClN2O2. The number of halogens is 1. The van der Waals surface area contributed by atoms with Crippen LogP contribution in [0.1, 0.15) is 37.9 Å². The molecule has 110 valence electrons. The van der Waals surface area contributed by atoms with Gasteiger partial charge in [0.05, 0.1) is 6.10 Å². The molecule has 1 aliphatic rings. The topological polar surface area (TPSA) is 66.6 Å². The molecule has 2 rings (SSSR count). The van der Waals surface area contributed by atoms with Gasteiger partial charge in [0.25, 0.3) is 0 Å². The summed E-state index contributed by atoms with van der Waals surface area (Å²) >= 11 is 6.19. The standard InChI is InChI=1S/C15H21ClN2O2/c1-10(19)13-3-2-12(9-14(13)16)18-6-4-11(5-7-18)8-15(17)20/h2-3,9-11,19H,4-8H2,1H3,(H2,17,20). The molecule has 0 bridgehead atoms. The van der Waals surface area contributed by atoms with E-state index in [0.29, 0.717) is 17.4 Å². The van der Waals surface area contributed by atoms with Crippen LogP contribution in [-0.2, 0) is 4.79 Å². The predicted molar refractivity (Wildman–Crippen MR) is 80.8 cm³/mol. The molecule has 1 aromatic rings. The highest BCUT2D eigenvalue weighted by atomic mass is 35.5. The van der Waals surface area contributed by atoms with Crippen molar-refractivity contribution in [2.75, 3.05) is 18.0 Å². The quantitative estimate of drug-likeness (QED) is 0.897. The number of aliphatic hydroxyl groups excluding tert-OH is 1. The lowest BCUT2D eigenvalue weighted by Crippen LogP contribution is -2.35. The second kappa shape index (κ2) is 6.46. The first-order valence-corrected chi connectivity index (χ1v) is 7.36. The van der Waals surface area contributed by atoms with Gasteiger partial charge in [-0.15, -0.1) is 0 Å². The average molecular weight is 297 g/mol. The van der Waals surface area contributed by atoms with Gasteiger partial charge in [-0.2, -0.15) is 0 Å². The third-order valence-electron chi connectivity index (χ3n) is 3.90. The minimum atomic E-state index is -0.558. The summed E-state index contributed by atoms with van der Waals surface area (Å²) in [5.74, 6) is 0.184. The third-order valence-corrected chi connectivity index (χ3v) is 4.23. The lowest BCUT2D eigenvalue weighted by atomic mass is 9.93. The molecule has 3 N–H and O–H groups in total. The maximum Gasteiger partial charge on any atom is 0.217 e. The van der Waals surface area contributed by atoms with Gasteiger partial charge in [0, 0.05) is 30.2 Å². The van der Waals surface area contributed by atoms with Crippen molar-refractivity contribution in [2.45, 2.75) is 32.3 Å². The van der Waals surface area contributed by atoms with Crippen molar-refractivity contribution in [3.05, 3.63) is 28.8 Å². The fourth-order valence-corrected chi connectivity index (χ4v) is 3.06. The van der Waals surface area contributed by atoms with Crippen molar-refractivity contribution in [1.29, 1.82) is 0 Å². The van der Waals surface area contributed by atoms with Gasteiger partial charge in [-0.1, -0.05) is 17.7 Å². The molecule has 1 amide bonds. The second-order valence-corrected chi connectivity index (χ2v) is 5.89. The van der Waals surface area contributed by atoms with Crippen LogP contribution in [-0.4, -0.2) is 24.1 Å². The van der Waals surface area contributed by atoms with E-state index in [0.717, 1.165) is 37.2 Å². The predicted octanol–water partition coefficient (Wildman–Crippen LogP) is 2.49. The number of piperidine rings is 1. The highest BCUT2D eigenvalue weighted by Crippen LogP contribution is 2.30. The van der Waals surface area contributed by atoms with Gasteiger partial charge in [-0.3, -0.25) is 4.79 Å². The molecule has 20 heavy (non-hydrogen) atoms. The number of benzene rings is 1. The van der Waals surface area contributed by atoms with E-state index in [1.807, 2.05) is 18.2 Å². The molecule has 1 aliphatic heterocycles. The average Bonchev–Trinajstić information content (AvgIpc) is 2.38. The fourth-order valence-electron chi connectivity index (χ4n) is 2.73. The van der Waals surface area contributed by atoms with E-state index >= 15 is 0 Å². The molecule has 0 aromatic heterocycles. The molecule has 0 radical (unpaired) electrons. The zero-order valence-corrected chi connectivity index (χ0v) is 12.4. The van der Waals surface area contributed by atoms with Crippen LogP contribution in [0, 0.1) is 5.92 Å². The number of amides is 1. The van der Waals surface area contributed by atoms with E-state index in [1.165, 1.54) is 0 Å². The number of primary amides is 1. The Morgan fingerprint density at radius 1 is 1.50 bits per heavy atom. The van der Waals surface area contributed by atoms with Gasteiger partial charge in [-0.25, -0.2) is 0 Å². The van der Waals surface area contributed by atoms with Crippen LogP contribution in [0.15, 0.2) is 18.2 Å². The van der Waals surface area contributed by atoms with Crippen molar-refractivity contribution >= 4 is 23.2 Å². The summed E-state index contributed by atoms with van der Waals surface area (Å²) in [6.07, 6.45) is 1.87. The molecule has 4 nitrogen and oxygen atoms in total. The minimum absolute atomic E-state index is 0.215. The third kappa shape index (κ3) is 3.64. The van der Waals surface area contributed by atoms with Gasteiger partial charge in [0.1, 0.15) is 0 Å². The van der Waals surface area contributed by atoms with Crippen LogP contribution in [0.25, 0.3) is 0 Å². The molecule has 1 heterocycles. The van der Waals surface area contributed by atoms with E-state index in [1.54, 1.807) is 6.92 Å². The highest BCUT2D eigenvalue weighted by molar-refractivity contribution is 6.31. The lowest BCUT2D eigenvalue weighted by Gasteiger charge is -2.33. The summed E-state index contributed by atoms with van der Waals surface area (Å²) in [6.45, 7) is 3.51. The number of nitrogens with zero attached hydrogens (tertiary/aromatic N) is 1. The van der Waals surface area contributed by atoms with Crippen LogP contribution in [0.5, 0.6) is 0 Å². The molecular weight excluding hydrogens is 276 g/mol. The van der Waals surface area contributed by atoms with Gasteiger partial charge < -0.3 is 15.7 Å². The summed E-state index contributed by atoms with van der Waals surface area (Å²) in [4.78, 5) is 13.2. The zero-order valence-electron chi connectivity index (χ0n) is 11.7. The monoisotopic (exact) mass is 296 g/mol. The van der Waals surface area contributed by atoms with Crippen molar-refractivity contribution in [3.63, 3.8) is 0 Å². The van der Waals surface area contributed by atoms with E-state index in [4.69, 9.17) is 17.3 Å². The number of rotatable bonds is 4. The first-order valence-electron chi connectivity index (χ1n) is 6.98. The Bertz CT molecular complexity index is 483. The Morgan fingerprint density at radius 2 is 2.15 bits per heavy atom. The lowest BCUT2D eigenvalue weighted by molar-refractivity contribution is -0.119. The molecule has 0 aliphatic carbocycles. The smallest absolute Gasteiger partial charge is 0.217 e. The van der Waals surface area contributed by atoms with Crippen LogP contribution in [0.2, 0.25) is 5.02 Å². The number of aliphatic hydroxyl groups is 1. The van der Waals surface area contributed by atoms with E-state index in [9.17, 15) is 9.90 Å². The number of carbonyl (C=O) groups is 1. The Hall–Kier alpha value is -1.26. The van der Waals surface area contributed by atoms with E-state index in [-0.39, 0.29) is 5.91 Å². The van der Waals surface area contributed by atoms with Crippen LogP contribution in [0.3, 0.4) is 0 Å². The summed E-state index contributed by atoms with van der Waals surface area (Å²) < 4.78 is 0. The molecule has 0 saturated carbocycles. The minimum Gasteiger partial charge on any atom is -0.389 e. The summed E-state index contributed by atoms with van der Waals surface area (Å²) in [5, 5.41) is 10.2. The SMILES string of the molecule is CC(O)c1ccc(N2CCC(CC(N)=O)CC2)cc1Cl. The maximum absolute atomic E-state index is 10.9. The number of carbonyl (C=O) groups excluding carboxylic acids is 1. The zero-order chi connectivity index (χ0) is 14.7. The number of hydrogen-bond donors (Lipinski definition) is 2. The number of hydrogen-bond acceptors (Lipinski definition) is 3. The van der Waals surface area contributed by atoms with Crippen molar-refractivity contribution in [2.24, 2.45) is 11.7 Å². The van der Waals surface area contributed by atoms with Crippen LogP contribution in [0.4, 0.5) is 5.69 Å². The molecule has 1 saturated heterocycles. The first kappa shape index (κ1) is 15.1. The van der Waals surface area contributed by atoms with Gasteiger partial charge in [0.15, 0.2) is 0 Å². The Kier molecular flexibility index (Phi) is 4.89. The molecule has 1 unspecified atom stereocenters. The Balaban J connectivity index is 2.00. The first-order chi connectivity index (χ1) is 9.47. The maximum atomic E-state index is 10.9. The van der Waals surface area contributed by atoms with Crippen LogP contribution < -0.4 is 10.6 Å². The largest absolute Gasteiger partial charge is 0.389 e. The fraction of sp³-hybridized carbons (Fsp3) is 0.533. The molecule has 1 fully saturated rings. The summed E-state index contributed by atoms with van der Waals surface area (Å²) in [5.41, 5.74) is 7.06. The van der Waals surface area contributed by atoms with Crippen molar-refractivity contribution in [3.8, 4) is 0 Å². The summed E-state index contributed by atoms with van der Waals surface area (Å²) in [6, 6.07) is 5.76. The Morgan fingerprint density at radius 3 is 2.65 bits per heavy atom. The summed E-state index contributed by atoms with van der Waals surface area (Å²) in [7, 11) is 0. The van der Waals surface area contributed by atoms with Crippen molar-refractivity contribution in [1.82, 2.24) is 0 Å². The molecule has 5 heteroatoms. The van der Waals surface area contributed by atoms with E-state index in [2.05, 4.69) is 4.90 Å².